The van der Waals surface area contributed by atoms with E-state index >= 15 is 0 Å². The van der Waals surface area contributed by atoms with Crippen LogP contribution < -0.4 is 11.1 Å². The molecule has 3 fully saturated rings. The molecule has 0 spiro atoms. The number of carbonyl (C=O) groups excluding carboxylic acids is 1. The molecule has 6 atom stereocenters. The third-order valence-electron chi connectivity index (χ3n) is 5.28. The zero-order valence-electron chi connectivity index (χ0n) is 10.7. The van der Waals surface area contributed by atoms with E-state index in [0.29, 0.717) is 12.5 Å². The van der Waals surface area contributed by atoms with Crippen LogP contribution in [0, 0.1) is 23.7 Å². The van der Waals surface area contributed by atoms with E-state index in [9.17, 15) is 4.79 Å². The SMILES string of the molecule is CC(N)CC(=O)NC1CC2CC1C1CCCC21. The summed E-state index contributed by atoms with van der Waals surface area (Å²) < 4.78 is 0. The minimum Gasteiger partial charge on any atom is -0.353 e. The molecular formula is C14H24N2O. The van der Waals surface area contributed by atoms with E-state index < -0.39 is 0 Å². The van der Waals surface area contributed by atoms with Crippen LogP contribution in [0.4, 0.5) is 0 Å². The molecule has 0 heterocycles. The zero-order valence-corrected chi connectivity index (χ0v) is 10.7. The fourth-order valence-corrected chi connectivity index (χ4v) is 4.79. The average molecular weight is 236 g/mol. The van der Waals surface area contributed by atoms with Crippen molar-refractivity contribution in [2.45, 2.75) is 57.5 Å². The minimum absolute atomic E-state index is 0.0205. The molecule has 17 heavy (non-hydrogen) atoms. The first kappa shape index (κ1) is 11.5. The van der Waals surface area contributed by atoms with Crippen LogP contribution in [0.5, 0.6) is 0 Å². The summed E-state index contributed by atoms with van der Waals surface area (Å²) in [4.78, 5) is 11.8. The molecule has 3 aliphatic rings. The highest BCUT2D eigenvalue weighted by molar-refractivity contribution is 5.76. The van der Waals surface area contributed by atoms with Gasteiger partial charge in [-0.3, -0.25) is 4.79 Å². The third-order valence-corrected chi connectivity index (χ3v) is 5.28. The summed E-state index contributed by atoms with van der Waals surface area (Å²) >= 11 is 0. The lowest BCUT2D eigenvalue weighted by Crippen LogP contribution is -2.43. The first-order chi connectivity index (χ1) is 8.15. The molecule has 6 unspecified atom stereocenters. The van der Waals surface area contributed by atoms with Crippen LogP contribution in [0.2, 0.25) is 0 Å². The van der Waals surface area contributed by atoms with Crippen molar-refractivity contribution in [2.75, 3.05) is 0 Å². The van der Waals surface area contributed by atoms with Crippen molar-refractivity contribution in [2.24, 2.45) is 29.4 Å². The van der Waals surface area contributed by atoms with Crippen molar-refractivity contribution in [3.05, 3.63) is 0 Å². The van der Waals surface area contributed by atoms with Crippen molar-refractivity contribution in [3.8, 4) is 0 Å². The van der Waals surface area contributed by atoms with Crippen LogP contribution in [0.25, 0.3) is 0 Å². The summed E-state index contributed by atoms with van der Waals surface area (Å²) in [6.45, 7) is 1.90. The highest BCUT2D eigenvalue weighted by Crippen LogP contribution is 2.58. The highest BCUT2D eigenvalue weighted by atomic mass is 16.1. The molecule has 3 aliphatic carbocycles. The molecule has 3 nitrogen and oxygen atoms in total. The molecule has 0 aliphatic heterocycles. The number of hydrogen-bond acceptors (Lipinski definition) is 2. The second-order valence-corrected chi connectivity index (χ2v) is 6.51. The molecule has 3 rings (SSSR count). The Kier molecular flexibility index (Phi) is 2.89. The van der Waals surface area contributed by atoms with Crippen LogP contribution in [-0.2, 0) is 4.79 Å². The van der Waals surface area contributed by atoms with Crippen molar-refractivity contribution in [3.63, 3.8) is 0 Å². The standard InChI is InChI=1S/C14H24N2O/c1-8(15)5-14(17)16-13-7-9-6-12(13)11-4-2-3-10(9)11/h8-13H,2-7,15H2,1H3,(H,16,17). The molecule has 2 bridgehead atoms. The number of nitrogens with one attached hydrogen (secondary N) is 1. The van der Waals surface area contributed by atoms with Gasteiger partial charge in [-0.05, 0) is 56.3 Å². The van der Waals surface area contributed by atoms with Gasteiger partial charge in [0.25, 0.3) is 0 Å². The Morgan fingerprint density at radius 1 is 1.29 bits per heavy atom. The van der Waals surface area contributed by atoms with Gasteiger partial charge in [-0.25, -0.2) is 0 Å². The summed E-state index contributed by atoms with van der Waals surface area (Å²) in [6.07, 6.45) is 7.36. The quantitative estimate of drug-likeness (QED) is 0.783. The van der Waals surface area contributed by atoms with Crippen molar-refractivity contribution in [1.29, 1.82) is 0 Å². The van der Waals surface area contributed by atoms with Crippen LogP contribution in [-0.4, -0.2) is 18.0 Å². The zero-order chi connectivity index (χ0) is 12.0. The Balaban J connectivity index is 1.58. The number of amides is 1. The first-order valence-electron chi connectivity index (χ1n) is 7.20. The van der Waals surface area contributed by atoms with Crippen molar-refractivity contribution >= 4 is 5.91 Å². The smallest absolute Gasteiger partial charge is 0.221 e. The summed E-state index contributed by atoms with van der Waals surface area (Å²) in [5.74, 6) is 3.78. The normalized spacial score (nSPS) is 44.7. The van der Waals surface area contributed by atoms with Crippen molar-refractivity contribution < 1.29 is 4.79 Å². The molecule has 1 amide bonds. The van der Waals surface area contributed by atoms with E-state index in [-0.39, 0.29) is 11.9 Å². The van der Waals surface area contributed by atoms with E-state index in [2.05, 4.69) is 5.32 Å². The maximum Gasteiger partial charge on any atom is 0.221 e. The lowest BCUT2D eigenvalue weighted by molar-refractivity contribution is -0.122. The van der Waals surface area contributed by atoms with Gasteiger partial charge in [0.15, 0.2) is 0 Å². The van der Waals surface area contributed by atoms with Crippen LogP contribution in [0.1, 0.15) is 45.4 Å². The number of hydrogen-bond donors (Lipinski definition) is 2. The van der Waals surface area contributed by atoms with Gasteiger partial charge in [-0.2, -0.15) is 0 Å². The lowest BCUT2D eigenvalue weighted by Gasteiger charge is -2.32. The molecule has 0 aromatic carbocycles. The van der Waals surface area contributed by atoms with Gasteiger partial charge in [0.1, 0.15) is 0 Å². The van der Waals surface area contributed by atoms with E-state index in [0.717, 1.165) is 23.7 Å². The molecule has 0 aromatic rings. The third kappa shape index (κ3) is 1.99. The predicted molar refractivity (Wildman–Crippen MR) is 67.2 cm³/mol. The Bertz CT molecular complexity index is 315. The largest absolute Gasteiger partial charge is 0.353 e. The molecule has 3 saturated carbocycles. The van der Waals surface area contributed by atoms with Gasteiger partial charge in [0, 0.05) is 18.5 Å². The summed E-state index contributed by atoms with van der Waals surface area (Å²) in [6, 6.07) is 0.443. The number of rotatable bonds is 3. The molecule has 0 saturated heterocycles. The van der Waals surface area contributed by atoms with E-state index in [4.69, 9.17) is 5.73 Å². The van der Waals surface area contributed by atoms with Gasteiger partial charge in [-0.1, -0.05) is 6.42 Å². The maximum absolute atomic E-state index is 11.8. The monoisotopic (exact) mass is 236 g/mol. The molecule has 96 valence electrons. The fraction of sp³-hybridized carbons (Fsp3) is 0.929. The summed E-state index contributed by atoms with van der Waals surface area (Å²) in [7, 11) is 0. The van der Waals surface area contributed by atoms with Crippen molar-refractivity contribution in [1.82, 2.24) is 5.32 Å². The Hall–Kier alpha value is -0.570. The van der Waals surface area contributed by atoms with Gasteiger partial charge in [0.05, 0.1) is 0 Å². The van der Waals surface area contributed by atoms with Gasteiger partial charge in [-0.15, -0.1) is 0 Å². The predicted octanol–water partition coefficient (Wildman–Crippen LogP) is 1.66. The molecule has 3 heteroatoms. The second-order valence-electron chi connectivity index (χ2n) is 6.51. The van der Waals surface area contributed by atoms with Gasteiger partial charge >= 0.3 is 0 Å². The van der Waals surface area contributed by atoms with Gasteiger partial charge < -0.3 is 11.1 Å². The molecule has 0 aromatic heterocycles. The summed E-state index contributed by atoms with van der Waals surface area (Å²) in [5, 5.41) is 3.24. The van der Waals surface area contributed by atoms with Crippen LogP contribution >= 0.6 is 0 Å². The topological polar surface area (TPSA) is 55.1 Å². The van der Waals surface area contributed by atoms with Crippen LogP contribution in [0.15, 0.2) is 0 Å². The number of fused-ring (bicyclic) bond motifs is 5. The van der Waals surface area contributed by atoms with E-state index in [1.165, 1.54) is 32.1 Å². The average Bonchev–Trinajstić information content (AvgIpc) is 2.83. The first-order valence-corrected chi connectivity index (χ1v) is 7.20. The number of nitrogens with two attached hydrogens (primary N) is 1. The molecule has 3 N–H and O–H groups in total. The second kappa shape index (κ2) is 4.27. The Morgan fingerprint density at radius 3 is 2.82 bits per heavy atom. The minimum atomic E-state index is -0.0205. The number of carbonyl (C=O) groups is 1. The van der Waals surface area contributed by atoms with E-state index in [1.807, 2.05) is 6.92 Å². The summed E-state index contributed by atoms with van der Waals surface area (Å²) in [5.41, 5.74) is 5.67. The highest BCUT2D eigenvalue weighted by Gasteiger charge is 2.53. The Labute approximate surface area is 104 Å². The van der Waals surface area contributed by atoms with Gasteiger partial charge in [0.2, 0.25) is 5.91 Å². The lowest BCUT2D eigenvalue weighted by atomic mass is 9.79. The maximum atomic E-state index is 11.8. The molecular weight excluding hydrogens is 212 g/mol. The molecule has 0 radical (unpaired) electrons. The van der Waals surface area contributed by atoms with Crippen LogP contribution in [0.3, 0.4) is 0 Å². The van der Waals surface area contributed by atoms with E-state index in [1.54, 1.807) is 0 Å². The Morgan fingerprint density at radius 2 is 2.06 bits per heavy atom. The fourth-order valence-electron chi connectivity index (χ4n) is 4.79.